The third kappa shape index (κ3) is 1.71. The standard InChI is InChI=1S/C8H15BO4/c1-4-13-7(10)5-6(9(11)12)8(5,2)3/h5-6,11-12H,4H2,1-3H3/t5-,6+/m0/s1. The smallest absolute Gasteiger partial charge is 0.456 e. The molecule has 0 bridgehead atoms. The highest BCUT2D eigenvalue weighted by Crippen LogP contribution is 2.64. The Morgan fingerprint density at radius 1 is 1.54 bits per heavy atom. The topological polar surface area (TPSA) is 66.8 Å². The molecule has 0 aromatic carbocycles. The summed E-state index contributed by atoms with van der Waals surface area (Å²) in [4.78, 5) is 11.3. The van der Waals surface area contributed by atoms with E-state index in [2.05, 4.69) is 0 Å². The molecule has 0 amide bonds. The van der Waals surface area contributed by atoms with E-state index >= 15 is 0 Å². The number of rotatable bonds is 3. The van der Waals surface area contributed by atoms with Crippen molar-refractivity contribution >= 4 is 13.1 Å². The van der Waals surface area contributed by atoms with Crippen molar-refractivity contribution in [3.63, 3.8) is 0 Å². The zero-order valence-corrected chi connectivity index (χ0v) is 8.15. The van der Waals surface area contributed by atoms with E-state index in [1.54, 1.807) is 6.92 Å². The second-order valence-electron chi connectivity index (χ2n) is 3.99. The maximum Gasteiger partial charge on any atom is 0.456 e. The van der Waals surface area contributed by atoms with Gasteiger partial charge in [0.1, 0.15) is 0 Å². The van der Waals surface area contributed by atoms with Gasteiger partial charge in [0.2, 0.25) is 0 Å². The van der Waals surface area contributed by atoms with E-state index in [9.17, 15) is 4.79 Å². The molecule has 1 aliphatic carbocycles. The first-order valence-electron chi connectivity index (χ1n) is 4.45. The Bertz CT molecular complexity index is 214. The summed E-state index contributed by atoms with van der Waals surface area (Å²) in [6.45, 7) is 5.73. The fraction of sp³-hybridized carbons (Fsp3) is 0.875. The van der Waals surface area contributed by atoms with E-state index < -0.39 is 7.12 Å². The number of carbonyl (C=O) groups is 1. The Balaban J connectivity index is 2.59. The molecule has 0 heterocycles. The second kappa shape index (κ2) is 3.31. The van der Waals surface area contributed by atoms with Crippen molar-refractivity contribution in [3.8, 4) is 0 Å². The van der Waals surface area contributed by atoms with E-state index in [0.29, 0.717) is 6.61 Å². The van der Waals surface area contributed by atoms with Gasteiger partial charge in [-0.3, -0.25) is 4.79 Å². The molecule has 0 spiro atoms. The Hall–Kier alpha value is -0.545. The Morgan fingerprint density at radius 3 is 2.38 bits per heavy atom. The zero-order chi connectivity index (χ0) is 10.2. The van der Waals surface area contributed by atoms with Gasteiger partial charge in [0.15, 0.2) is 0 Å². The lowest BCUT2D eigenvalue weighted by molar-refractivity contribution is -0.145. The van der Waals surface area contributed by atoms with Crippen molar-refractivity contribution in [2.75, 3.05) is 6.61 Å². The molecule has 13 heavy (non-hydrogen) atoms. The molecule has 1 aliphatic rings. The lowest BCUT2D eigenvalue weighted by atomic mass is 9.78. The molecule has 74 valence electrons. The fourth-order valence-electron chi connectivity index (χ4n) is 1.92. The van der Waals surface area contributed by atoms with Gasteiger partial charge in [-0.15, -0.1) is 0 Å². The zero-order valence-electron chi connectivity index (χ0n) is 8.15. The van der Waals surface area contributed by atoms with Crippen molar-refractivity contribution in [1.82, 2.24) is 0 Å². The van der Waals surface area contributed by atoms with E-state index in [1.165, 1.54) is 0 Å². The average Bonchev–Trinajstić information content (AvgIpc) is 2.54. The van der Waals surface area contributed by atoms with Crippen LogP contribution in [0, 0.1) is 11.3 Å². The van der Waals surface area contributed by atoms with Crippen molar-refractivity contribution in [3.05, 3.63) is 0 Å². The second-order valence-corrected chi connectivity index (χ2v) is 3.99. The Morgan fingerprint density at radius 2 is 2.08 bits per heavy atom. The third-order valence-electron chi connectivity index (χ3n) is 2.77. The first-order chi connectivity index (χ1) is 5.92. The van der Waals surface area contributed by atoms with Crippen molar-refractivity contribution in [2.24, 2.45) is 11.3 Å². The normalized spacial score (nSPS) is 29.6. The predicted molar refractivity (Wildman–Crippen MR) is 47.8 cm³/mol. The fourth-order valence-corrected chi connectivity index (χ4v) is 1.92. The lowest BCUT2D eigenvalue weighted by Crippen LogP contribution is -2.15. The van der Waals surface area contributed by atoms with Gasteiger partial charge in [-0.2, -0.15) is 0 Å². The molecule has 0 aliphatic heterocycles. The highest BCUT2D eigenvalue weighted by molar-refractivity contribution is 6.46. The molecule has 4 nitrogen and oxygen atoms in total. The van der Waals surface area contributed by atoms with Crippen molar-refractivity contribution < 1.29 is 19.6 Å². The molecule has 0 aromatic heterocycles. The molecule has 0 unspecified atom stereocenters. The van der Waals surface area contributed by atoms with E-state index in [1.807, 2.05) is 13.8 Å². The van der Waals surface area contributed by atoms with Crippen LogP contribution in [0.1, 0.15) is 20.8 Å². The van der Waals surface area contributed by atoms with Crippen LogP contribution in [0.15, 0.2) is 0 Å². The van der Waals surface area contributed by atoms with Crippen molar-refractivity contribution in [1.29, 1.82) is 0 Å². The summed E-state index contributed by atoms with van der Waals surface area (Å²) in [7, 11) is -1.43. The summed E-state index contributed by atoms with van der Waals surface area (Å²) in [5, 5.41) is 17.9. The van der Waals surface area contributed by atoms with Crippen LogP contribution >= 0.6 is 0 Å². The molecule has 2 atom stereocenters. The van der Waals surface area contributed by atoms with Crippen LogP contribution in [0.5, 0.6) is 0 Å². The summed E-state index contributed by atoms with van der Waals surface area (Å²) in [5.41, 5.74) is -0.347. The number of carbonyl (C=O) groups excluding carboxylic acids is 1. The van der Waals surface area contributed by atoms with Crippen LogP contribution in [0.25, 0.3) is 0 Å². The molecular formula is C8H15BO4. The van der Waals surface area contributed by atoms with Gasteiger partial charge >= 0.3 is 13.1 Å². The van der Waals surface area contributed by atoms with E-state index in [4.69, 9.17) is 14.8 Å². The van der Waals surface area contributed by atoms with Crippen LogP contribution in [-0.4, -0.2) is 29.7 Å². The molecule has 1 fully saturated rings. The van der Waals surface area contributed by atoms with Gasteiger partial charge in [0.25, 0.3) is 0 Å². The van der Waals surface area contributed by atoms with E-state index in [0.717, 1.165) is 0 Å². The first kappa shape index (κ1) is 10.5. The largest absolute Gasteiger partial charge is 0.466 e. The molecule has 1 saturated carbocycles. The summed E-state index contributed by atoms with van der Waals surface area (Å²) < 4.78 is 4.82. The maximum absolute atomic E-state index is 11.3. The molecular weight excluding hydrogens is 171 g/mol. The third-order valence-corrected chi connectivity index (χ3v) is 2.77. The minimum atomic E-state index is -1.43. The summed E-state index contributed by atoms with van der Waals surface area (Å²) in [6.07, 6.45) is 0. The Labute approximate surface area is 78.0 Å². The summed E-state index contributed by atoms with van der Waals surface area (Å²) in [5.74, 6) is -1.08. The highest BCUT2D eigenvalue weighted by atomic mass is 16.5. The minimum Gasteiger partial charge on any atom is -0.466 e. The number of hydrogen-bond donors (Lipinski definition) is 2. The molecule has 2 N–H and O–H groups in total. The van der Waals surface area contributed by atoms with Gasteiger partial charge in [-0.1, -0.05) is 13.8 Å². The predicted octanol–water partition coefficient (Wildman–Crippen LogP) is 0.0485. The van der Waals surface area contributed by atoms with Crippen LogP contribution in [-0.2, 0) is 9.53 Å². The number of hydrogen-bond acceptors (Lipinski definition) is 4. The monoisotopic (exact) mass is 186 g/mol. The quantitative estimate of drug-likeness (QED) is 0.482. The van der Waals surface area contributed by atoms with Gasteiger partial charge < -0.3 is 14.8 Å². The maximum atomic E-state index is 11.3. The SMILES string of the molecule is CCOC(=O)[C@@H]1[C@@H](B(O)O)C1(C)C. The highest BCUT2D eigenvalue weighted by Gasteiger charge is 2.67. The molecule has 1 rings (SSSR count). The number of esters is 1. The summed E-state index contributed by atoms with van der Waals surface area (Å²) in [6, 6.07) is 0. The first-order valence-corrected chi connectivity index (χ1v) is 4.45. The minimum absolute atomic E-state index is 0.328. The van der Waals surface area contributed by atoms with Gasteiger partial charge in [-0.25, -0.2) is 0 Å². The van der Waals surface area contributed by atoms with Gasteiger partial charge in [0, 0.05) is 5.82 Å². The van der Waals surface area contributed by atoms with Crippen LogP contribution in [0.2, 0.25) is 5.82 Å². The Kier molecular flexibility index (Phi) is 2.68. The molecule has 0 radical (unpaired) electrons. The molecule has 5 heteroatoms. The van der Waals surface area contributed by atoms with Gasteiger partial charge in [0.05, 0.1) is 12.5 Å². The van der Waals surface area contributed by atoms with Crippen LogP contribution in [0.4, 0.5) is 0 Å². The van der Waals surface area contributed by atoms with Crippen molar-refractivity contribution in [2.45, 2.75) is 26.6 Å². The van der Waals surface area contributed by atoms with Crippen LogP contribution in [0.3, 0.4) is 0 Å². The van der Waals surface area contributed by atoms with E-state index in [-0.39, 0.29) is 23.1 Å². The van der Waals surface area contributed by atoms with Crippen LogP contribution < -0.4 is 0 Å². The molecule has 0 saturated heterocycles. The number of ether oxygens (including phenoxy) is 1. The molecule has 0 aromatic rings. The lowest BCUT2D eigenvalue weighted by Gasteiger charge is -2.01. The average molecular weight is 186 g/mol. The summed E-state index contributed by atoms with van der Waals surface area (Å²) >= 11 is 0. The van der Waals surface area contributed by atoms with Gasteiger partial charge in [-0.05, 0) is 12.3 Å².